The summed E-state index contributed by atoms with van der Waals surface area (Å²) in [6, 6.07) is 10.5. The molecular weight excluding hydrogens is 304 g/mol. The molecule has 2 fully saturated rings. The molecule has 0 unspecified atom stereocenters. The van der Waals surface area contributed by atoms with E-state index >= 15 is 0 Å². The van der Waals surface area contributed by atoms with E-state index in [9.17, 15) is 0 Å². The van der Waals surface area contributed by atoms with Crippen LogP contribution in [0.3, 0.4) is 0 Å². The maximum Gasteiger partial charge on any atom is 0.164 e. The first-order chi connectivity index (χ1) is 11.3. The van der Waals surface area contributed by atoms with Crippen LogP contribution in [-0.4, -0.2) is 36.5 Å². The first-order valence-corrected chi connectivity index (χ1v) is 8.73. The van der Waals surface area contributed by atoms with Gasteiger partial charge in [0.1, 0.15) is 18.3 Å². The number of ether oxygens (including phenoxy) is 4. The summed E-state index contributed by atoms with van der Waals surface area (Å²) in [6.07, 6.45) is 5.92. The van der Waals surface area contributed by atoms with Crippen molar-refractivity contribution in [3.8, 4) is 0 Å². The third-order valence-electron chi connectivity index (χ3n) is 4.33. The predicted molar refractivity (Wildman–Crippen MR) is 92.6 cm³/mol. The smallest absolute Gasteiger partial charge is 0.164 e. The molecule has 3 rings (SSSR count). The van der Waals surface area contributed by atoms with Crippen molar-refractivity contribution in [2.45, 2.75) is 70.4 Å². The zero-order valence-corrected chi connectivity index (χ0v) is 15.0. The number of aryl methyl sites for hydroxylation is 1. The predicted octanol–water partition coefficient (Wildman–Crippen LogP) is 3.85. The largest absolute Gasteiger partial charge is 0.348 e. The lowest BCUT2D eigenvalue weighted by Gasteiger charge is -2.22. The van der Waals surface area contributed by atoms with Crippen molar-refractivity contribution in [2.75, 3.05) is 6.61 Å². The average Bonchev–Trinajstić information content (AvgIpc) is 3.03. The Bertz CT molecular complexity index is 564. The van der Waals surface area contributed by atoms with E-state index in [1.165, 1.54) is 5.56 Å². The minimum Gasteiger partial charge on any atom is -0.348 e. The summed E-state index contributed by atoms with van der Waals surface area (Å²) >= 11 is 0. The zero-order chi connectivity index (χ0) is 17.2. The molecule has 4 heteroatoms. The molecule has 0 aliphatic carbocycles. The van der Waals surface area contributed by atoms with Crippen molar-refractivity contribution in [2.24, 2.45) is 0 Å². The quantitative estimate of drug-likeness (QED) is 0.768. The van der Waals surface area contributed by atoms with Crippen molar-refractivity contribution >= 4 is 0 Å². The monoisotopic (exact) mass is 332 g/mol. The lowest BCUT2D eigenvalue weighted by Crippen LogP contribution is -2.37. The molecule has 4 nitrogen and oxygen atoms in total. The highest BCUT2D eigenvalue weighted by Gasteiger charge is 2.48. The maximum atomic E-state index is 6.08. The van der Waals surface area contributed by atoms with Crippen molar-refractivity contribution in [1.29, 1.82) is 0 Å². The van der Waals surface area contributed by atoms with Gasteiger partial charge >= 0.3 is 0 Å². The van der Waals surface area contributed by atoms with Crippen molar-refractivity contribution < 1.29 is 18.9 Å². The second kappa shape index (κ2) is 6.96. The Morgan fingerprint density at radius 1 is 1.00 bits per heavy atom. The molecule has 0 spiro atoms. The summed E-state index contributed by atoms with van der Waals surface area (Å²) in [6.45, 7) is 8.28. The van der Waals surface area contributed by atoms with Gasteiger partial charge in [-0.15, -0.1) is 0 Å². The van der Waals surface area contributed by atoms with Gasteiger partial charge in [-0.1, -0.05) is 42.5 Å². The van der Waals surface area contributed by atoms with Crippen LogP contribution in [0.5, 0.6) is 0 Å². The molecule has 0 radical (unpaired) electrons. The summed E-state index contributed by atoms with van der Waals surface area (Å²) in [7, 11) is 0. The van der Waals surface area contributed by atoms with E-state index in [0.717, 1.165) is 12.8 Å². The number of allylic oxidation sites excluding steroid dienone is 1. The summed E-state index contributed by atoms with van der Waals surface area (Å²) in [5.41, 5.74) is 1.34. The Hall–Kier alpha value is -1.20. The number of rotatable bonds is 5. The Morgan fingerprint density at radius 3 is 2.42 bits per heavy atom. The van der Waals surface area contributed by atoms with Gasteiger partial charge in [-0.2, -0.15) is 0 Å². The van der Waals surface area contributed by atoms with E-state index in [1.807, 2.05) is 33.8 Å². The van der Waals surface area contributed by atoms with Crippen LogP contribution < -0.4 is 0 Å². The molecule has 2 aliphatic heterocycles. The van der Waals surface area contributed by atoms with E-state index in [-0.39, 0.29) is 18.3 Å². The molecule has 1 aromatic carbocycles. The van der Waals surface area contributed by atoms with Crippen LogP contribution in [-0.2, 0) is 25.4 Å². The van der Waals surface area contributed by atoms with Gasteiger partial charge < -0.3 is 18.9 Å². The topological polar surface area (TPSA) is 36.9 Å². The first-order valence-electron chi connectivity index (χ1n) is 8.73. The van der Waals surface area contributed by atoms with E-state index in [1.54, 1.807) is 0 Å². The van der Waals surface area contributed by atoms with E-state index in [4.69, 9.17) is 18.9 Å². The van der Waals surface area contributed by atoms with E-state index in [2.05, 4.69) is 36.4 Å². The maximum absolute atomic E-state index is 6.08. The Balaban J connectivity index is 1.58. The minimum atomic E-state index is -0.602. The van der Waals surface area contributed by atoms with Crippen LogP contribution in [0, 0.1) is 0 Å². The van der Waals surface area contributed by atoms with Gasteiger partial charge in [-0.3, -0.25) is 0 Å². The SMILES string of the molecule is CC1(C)O[C@H]([C@H]2COC(C)(C)O2)[C@@H](/C=C\CCc2ccccc2)O1. The van der Waals surface area contributed by atoms with Crippen LogP contribution in [0.15, 0.2) is 42.5 Å². The summed E-state index contributed by atoms with van der Waals surface area (Å²) in [5, 5.41) is 0. The standard InChI is InChI=1S/C20H28O4/c1-19(2)21-14-17(23-19)18-16(22-20(3,4)24-18)13-9-8-12-15-10-6-5-7-11-15/h5-7,9-11,13,16-18H,8,12,14H2,1-4H3/b13-9-/t16-,17-,18+/m1/s1. The number of hydrogen-bond donors (Lipinski definition) is 0. The molecule has 2 aliphatic rings. The molecular formula is C20H28O4. The van der Waals surface area contributed by atoms with Gasteiger partial charge in [-0.25, -0.2) is 0 Å². The Kier molecular flexibility index (Phi) is 5.11. The van der Waals surface area contributed by atoms with Gasteiger partial charge in [0.15, 0.2) is 11.6 Å². The van der Waals surface area contributed by atoms with Gasteiger partial charge in [-0.05, 0) is 46.1 Å². The average molecular weight is 332 g/mol. The second-order valence-corrected chi connectivity index (χ2v) is 7.38. The molecule has 1 aromatic rings. The molecule has 0 bridgehead atoms. The zero-order valence-electron chi connectivity index (χ0n) is 15.0. The molecule has 132 valence electrons. The normalized spacial score (nSPS) is 31.8. The summed E-state index contributed by atoms with van der Waals surface area (Å²) in [4.78, 5) is 0. The Labute approximate surface area is 144 Å². The number of benzene rings is 1. The van der Waals surface area contributed by atoms with E-state index < -0.39 is 11.6 Å². The highest BCUT2D eigenvalue weighted by atomic mass is 16.8. The lowest BCUT2D eigenvalue weighted by molar-refractivity contribution is -0.174. The second-order valence-electron chi connectivity index (χ2n) is 7.38. The van der Waals surface area contributed by atoms with Crippen molar-refractivity contribution in [3.05, 3.63) is 48.0 Å². The van der Waals surface area contributed by atoms with Crippen LogP contribution in [0.4, 0.5) is 0 Å². The van der Waals surface area contributed by atoms with Gasteiger partial charge in [0.05, 0.1) is 6.61 Å². The van der Waals surface area contributed by atoms with Crippen LogP contribution in [0.2, 0.25) is 0 Å². The first kappa shape index (κ1) is 17.6. The number of hydrogen-bond acceptors (Lipinski definition) is 4. The molecule has 0 amide bonds. The van der Waals surface area contributed by atoms with Crippen molar-refractivity contribution in [3.63, 3.8) is 0 Å². The summed E-state index contributed by atoms with van der Waals surface area (Å²) < 4.78 is 23.8. The molecule has 3 atom stereocenters. The Morgan fingerprint density at radius 2 is 1.75 bits per heavy atom. The molecule has 0 N–H and O–H groups in total. The van der Waals surface area contributed by atoms with Gasteiger partial charge in [0.2, 0.25) is 0 Å². The fraction of sp³-hybridized carbons (Fsp3) is 0.600. The van der Waals surface area contributed by atoms with Crippen LogP contribution >= 0.6 is 0 Å². The third-order valence-corrected chi connectivity index (χ3v) is 4.33. The third kappa shape index (κ3) is 4.45. The van der Waals surface area contributed by atoms with Crippen molar-refractivity contribution in [1.82, 2.24) is 0 Å². The minimum absolute atomic E-state index is 0.106. The lowest BCUT2D eigenvalue weighted by atomic mass is 10.1. The highest BCUT2D eigenvalue weighted by molar-refractivity contribution is 5.15. The van der Waals surface area contributed by atoms with Crippen LogP contribution in [0.1, 0.15) is 39.7 Å². The molecule has 0 saturated carbocycles. The van der Waals surface area contributed by atoms with Gasteiger partial charge in [0.25, 0.3) is 0 Å². The molecule has 2 heterocycles. The van der Waals surface area contributed by atoms with Gasteiger partial charge in [0, 0.05) is 0 Å². The highest BCUT2D eigenvalue weighted by Crippen LogP contribution is 2.36. The van der Waals surface area contributed by atoms with E-state index in [0.29, 0.717) is 6.61 Å². The molecule has 0 aromatic heterocycles. The summed E-state index contributed by atoms with van der Waals surface area (Å²) in [5.74, 6) is -1.16. The fourth-order valence-electron chi connectivity index (χ4n) is 3.26. The fourth-order valence-corrected chi connectivity index (χ4v) is 3.26. The molecule has 2 saturated heterocycles. The van der Waals surface area contributed by atoms with Crippen LogP contribution in [0.25, 0.3) is 0 Å². The molecule has 24 heavy (non-hydrogen) atoms.